The van der Waals surface area contributed by atoms with Crippen molar-refractivity contribution in [2.24, 2.45) is 0 Å². The zero-order chi connectivity index (χ0) is 38.3. The molecule has 258 valence electrons. The maximum Gasteiger partial charge on any atom is 0.141 e. The van der Waals surface area contributed by atoms with Gasteiger partial charge in [-0.15, -0.1) is 0 Å². The summed E-state index contributed by atoms with van der Waals surface area (Å²) in [7, 11) is 0. The number of furan rings is 1. The van der Waals surface area contributed by atoms with Gasteiger partial charge in [-0.1, -0.05) is 93.6 Å². The van der Waals surface area contributed by atoms with Crippen LogP contribution in [0.25, 0.3) is 60.7 Å². The second kappa shape index (κ2) is 11.8. The van der Waals surface area contributed by atoms with E-state index in [9.17, 15) is 0 Å². The van der Waals surface area contributed by atoms with Crippen molar-refractivity contribution in [2.45, 2.75) is 26.2 Å². The maximum absolute atomic E-state index is 8.41. The van der Waals surface area contributed by atoms with Gasteiger partial charge < -0.3 is 19.0 Å². The fourth-order valence-electron chi connectivity index (χ4n) is 7.65. The Hall–Kier alpha value is -6.53. The largest absolute Gasteiger partial charge is 0.457 e. The molecule has 1 aliphatic heterocycles. The van der Waals surface area contributed by atoms with Crippen LogP contribution < -0.4 is 14.5 Å². The molecule has 9 aromatic rings. The molecule has 0 atom stereocenters. The van der Waals surface area contributed by atoms with Crippen LogP contribution in [-0.4, -0.2) is 23.2 Å². The summed E-state index contributed by atoms with van der Waals surface area (Å²) in [6, 6.07) is 46.9. The zero-order valence-corrected chi connectivity index (χ0v) is 29.7. The molecule has 0 aliphatic carbocycles. The molecule has 0 radical (unpaired) electrons. The number of anilines is 3. The first kappa shape index (κ1) is 28.1. The van der Waals surface area contributed by atoms with Crippen molar-refractivity contribution < 1.29 is 13.3 Å². The smallest absolute Gasteiger partial charge is 0.141 e. The predicted molar refractivity (Wildman–Crippen MR) is 218 cm³/mol. The summed E-state index contributed by atoms with van der Waals surface area (Å²) in [4.78, 5) is 8.53. The number of para-hydroxylation sites is 2. The Bertz CT molecular complexity index is 2980. The topological polar surface area (TPSA) is 46.7 Å². The van der Waals surface area contributed by atoms with Gasteiger partial charge in [0.25, 0.3) is 0 Å². The second-order valence-corrected chi connectivity index (χ2v) is 14.8. The molecule has 6 aromatic carbocycles. The molecule has 3 aromatic heterocycles. The number of aromatic nitrogens is 2. The Morgan fingerprint density at radius 1 is 0.642 bits per heavy atom. The minimum absolute atomic E-state index is 0.172. The molecule has 53 heavy (non-hydrogen) atoms. The number of fused-ring (bicyclic) bond motifs is 7. The summed E-state index contributed by atoms with van der Waals surface area (Å²) >= 11 is 0. The Balaban J connectivity index is 1.08. The van der Waals surface area contributed by atoms with E-state index in [4.69, 9.17) is 18.3 Å². The highest BCUT2D eigenvalue weighted by Crippen LogP contribution is 2.45. The number of nitrogens with zero attached hydrogens (tertiary/aromatic N) is 4. The average molecular weight is 694 g/mol. The van der Waals surface area contributed by atoms with Gasteiger partial charge in [-0.05, 0) is 70.6 Å². The summed E-state index contributed by atoms with van der Waals surface area (Å²) in [5.41, 5.74) is 8.87. The van der Waals surface area contributed by atoms with Gasteiger partial charge in [-0.2, -0.15) is 0 Å². The molecule has 0 amide bonds. The van der Waals surface area contributed by atoms with Gasteiger partial charge in [0, 0.05) is 62.7 Å². The Labute approximate surface area is 312 Å². The molecule has 4 heterocycles. The van der Waals surface area contributed by atoms with Crippen LogP contribution in [0.4, 0.5) is 17.1 Å². The molecule has 0 unspecified atom stereocenters. The van der Waals surface area contributed by atoms with Crippen LogP contribution >= 0.6 is 0 Å². The van der Waals surface area contributed by atoms with Gasteiger partial charge in [0.1, 0.15) is 28.5 Å². The first-order valence-electron chi connectivity index (χ1n) is 19.4. The molecule has 0 N–H and O–H groups in total. The Morgan fingerprint density at radius 3 is 2.28 bits per heavy atom. The van der Waals surface area contributed by atoms with Crippen LogP contribution in [0.3, 0.4) is 0 Å². The van der Waals surface area contributed by atoms with Crippen LogP contribution in [-0.2, 0) is 5.41 Å². The fourth-order valence-corrected chi connectivity index (χ4v) is 7.65. The molecule has 0 bridgehead atoms. The van der Waals surface area contributed by atoms with Gasteiger partial charge in [0.05, 0.1) is 29.1 Å². The third-order valence-electron chi connectivity index (χ3n) is 10.4. The van der Waals surface area contributed by atoms with E-state index in [1.54, 1.807) is 0 Å². The van der Waals surface area contributed by atoms with Gasteiger partial charge in [-0.3, -0.25) is 4.57 Å². The van der Waals surface area contributed by atoms with E-state index in [0.29, 0.717) is 17.2 Å². The lowest BCUT2D eigenvalue weighted by atomic mass is 9.86. The standard InChI is InChI=1S/C47H38N4O2/c1-47(2,3)32-23-33(50-29-49(4)41-21-18-31(22-43(41)50)30-12-6-5-7-13-30)25-35(24-32)52-34-19-20-37-36-14-8-10-16-40(36)51(42(37)26-34)46-27-45-39(28-48-46)38-15-9-11-17-44(38)53-45/h5-28H,29H2,1-4H3/i4D3. The van der Waals surface area contributed by atoms with Crippen molar-refractivity contribution in [1.29, 1.82) is 0 Å². The second-order valence-electron chi connectivity index (χ2n) is 14.8. The summed E-state index contributed by atoms with van der Waals surface area (Å²) in [6.45, 7) is 4.37. The number of pyridine rings is 1. The molecule has 6 heteroatoms. The number of rotatable bonds is 5. The van der Waals surface area contributed by atoms with E-state index in [2.05, 4.69) is 97.0 Å². The highest BCUT2D eigenvalue weighted by atomic mass is 16.5. The Morgan fingerprint density at radius 2 is 1.43 bits per heavy atom. The molecule has 0 saturated carbocycles. The zero-order valence-electron chi connectivity index (χ0n) is 32.7. The molecule has 1 aliphatic rings. The number of benzene rings is 6. The van der Waals surface area contributed by atoms with E-state index < -0.39 is 6.98 Å². The van der Waals surface area contributed by atoms with Crippen molar-refractivity contribution in [3.05, 3.63) is 151 Å². The van der Waals surface area contributed by atoms with Crippen molar-refractivity contribution in [3.63, 3.8) is 0 Å². The van der Waals surface area contributed by atoms with E-state index in [-0.39, 0.29) is 12.1 Å². The molecule has 0 saturated heterocycles. The van der Waals surface area contributed by atoms with Crippen molar-refractivity contribution in [2.75, 3.05) is 23.4 Å². The number of ether oxygens (including phenoxy) is 1. The van der Waals surface area contributed by atoms with Crippen molar-refractivity contribution in [1.82, 2.24) is 9.55 Å². The molecule has 10 rings (SSSR count). The average Bonchev–Trinajstić information content (AvgIpc) is 3.87. The van der Waals surface area contributed by atoms with E-state index in [1.165, 1.54) is 4.90 Å². The Kier molecular flexibility index (Phi) is 6.23. The molecular weight excluding hydrogens is 653 g/mol. The molecule has 0 spiro atoms. The van der Waals surface area contributed by atoms with Gasteiger partial charge in [0.2, 0.25) is 0 Å². The van der Waals surface area contributed by atoms with Crippen LogP contribution in [0, 0.1) is 0 Å². The van der Waals surface area contributed by atoms with Gasteiger partial charge in [-0.25, -0.2) is 4.98 Å². The normalized spacial score (nSPS) is 14.2. The summed E-state index contributed by atoms with van der Waals surface area (Å²) in [5.74, 6) is 2.07. The lowest BCUT2D eigenvalue weighted by molar-refractivity contribution is 0.479. The fraction of sp³-hybridized carbons (Fsp3) is 0.128. The minimum Gasteiger partial charge on any atom is -0.457 e. The first-order chi connectivity index (χ1) is 27.0. The summed E-state index contributed by atoms with van der Waals surface area (Å²) in [6.07, 6.45) is 1.89. The number of hydrogen-bond acceptors (Lipinski definition) is 5. The molecule has 6 nitrogen and oxygen atoms in total. The van der Waals surface area contributed by atoms with E-state index in [0.717, 1.165) is 77.6 Å². The first-order valence-corrected chi connectivity index (χ1v) is 17.9. The summed E-state index contributed by atoms with van der Waals surface area (Å²) < 4.78 is 40.5. The monoisotopic (exact) mass is 693 g/mol. The highest BCUT2D eigenvalue weighted by molar-refractivity contribution is 6.10. The van der Waals surface area contributed by atoms with E-state index >= 15 is 0 Å². The molecular formula is C47H38N4O2. The third kappa shape index (κ3) is 5.21. The lowest BCUT2D eigenvalue weighted by Crippen LogP contribution is -2.24. The van der Waals surface area contributed by atoms with Crippen LogP contribution in [0.2, 0.25) is 0 Å². The van der Waals surface area contributed by atoms with Crippen molar-refractivity contribution in [3.8, 4) is 28.4 Å². The third-order valence-corrected chi connectivity index (χ3v) is 10.4. The van der Waals surface area contributed by atoms with Crippen molar-refractivity contribution >= 4 is 60.8 Å². The van der Waals surface area contributed by atoms with Gasteiger partial charge >= 0.3 is 0 Å². The van der Waals surface area contributed by atoms with Crippen LogP contribution in [0.15, 0.2) is 150 Å². The lowest BCUT2D eigenvalue weighted by Gasteiger charge is -2.26. The minimum atomic E-state index is -2.32. The van der Waals surface area contributed by atoms with Crippen LogP contribution in [0.1, 0.15) is 30.4 Å². The SMILES string of the molecule is [2H]C([2H])([2H])N1CN(c2cc(Oc3ccc4c5ccccc5n(-c5cc6oc7ccccc7c6cn5)c4c3)cc(C(C)(C)C)c2)c2cc(-c3ccccc3)ccc21. The highest BCUT2D eigenvalue weighted by Gasteiger charge is 2.27. The van der Waals surface area contributed by atoms with E-state index in [1.807, 2.05) is 79.0 Å². The quantitative estimate of drug-likeness (QED) is 0.180. The maximum atomic E-state index is 8.41. The number of hydrogen-bond donors (Lipinski definition) is 0. The summed E-state index contributed by atoms with van der Waals surface area (Å²) in [5, 5.41) is 4.20. The van der Waals surface area contributed by atoms with Gasteiger partial charge in [0.15, 0.2) is 0 Å². The predicted octanol–water partition coefficient (Wildman–Crippen LogP) is 12.4. The van der Waals surface area contributed by atoms with Crippen LogP contribution in [0.5, 0.6) is 11.5 Å². The molecule has 0 fully saturated rings.